The number of halogens is 1. The first kappa shape index (κ1) is 22.8. The summed E-state index contributed by atoms with van der Waals surface area (Å²) in [5.41, 5.74) is 1.37. The van der Waals surface area contributed by atoms with Crippen molar-refractivity contribution in [3.05, 3.63) is 52.7 Å². The minimum absolute atomic E-state index is 0.479. The van der Waals surface area contributed by atoms with Gasteiger partial charge in [0, 0.05) is 55.8 Å². The minimum atomic E-state index is 0.479. The van der Waals surface area contributed by atoms with Crippen LogP contribution in [0.1, 0.15) is 55.7 Å². The van der Waals surface area contributed by atoms with Gasteiger partial charge in [-0.05, 0) is 63.6 Å². The van der Waals surface area contributed by atoms with Crippen molar-refractivity contribution >= 4 is 11.6 Å². The third-order valence-corrected chi connectivity index (χ3v) is 7.16. The van der Waals surface area contributed by atoms with Gasteiger partial charge >= 0.3 is 0 Å². The molecule has 0 bridgehead atoms. The number of rotatable bonds is 8. The van der Waals surface area contributed by atoms with Crippen LogP contribution in [0.25, 0.3) is 0 Å². The quantitative estimate of drug-likeness (QED) is 0.539. The van der Waals surface area contributed by atoms with E-state index in [1.54, 1.807) is 0 Å². The number of nitrogens with zero attached hydrogens (tertiary/aromatic N) is 3. The molecule has 1 aliphatic carbocycles. The van der Waals surface area contributed by atoms with Crippen molar-refractivity contribution < 1.29 is 9.15 Å². The third kappa shape index (κ3) is 6.10. The first-order valence-electron chi connectivity index (χ1n) is 11.8. The second-order valence-electron chi connectivity index (χ2n) is 9.03. The number of ether oxygens (including phenoxy) is 1. The summed E-state index contributed by atoms with van der Waals surface area (Å²) >= 11 is 6.12. The molecule has 0 radical (unpaired) electrons. The maximum atomic E-state index is 6.12. The number of aryl methyl sites for hydroxylation is 1. The van der Waals surface area contributed by atoms with Crippen LogP contribution in [0.4, 0.5) is 0 Å². The fraction of sp³-hybridized carbons (Fsp3) is 0.640. The molecule has 0 spiro atoms. The Hall–Kier alpha value is -1.40. The van der Waals surface area contributed by atoms with Crippen LogP contribution in [-0.2, 0) is 11.2 Å². The first-order valence-corrected chi connectivity index (χ1v) is 12.2. The van der Waals surface area contributed by atoms with Gasteiger partial charge in [-0.1, -0.05) is 23.7 Å². The average Bonchev–Trinajstić information content (AvgIpc) is 3.22. The molecule has 1 aromatic carbocycles. The number of benzene rings is 1. The van der Waals surface area contributed by atoms with Gasteiger partial charge in [0.2, 0.25) is 0 Å². The summed E-state index contributed by atoms with van der Waals surface area (Å²) in [6, 6.07) is 9.57. The van der Waals surface area contributed by atoms with E-state index in [1.807, 2.05) is 25.3 Å². The number of oxazole rings is 1. The van der Waals surface area contributed by atoms with Crippen molar-refractivity contribution in [2.45, 2.75) is 64.0 Å². The topological polar surface area (TPSA) is 41.7 Å². The smallest absolute Gasteiger partial charge is 0.197 e. The second-order valence-corrected chi connectivity index (χ2v) is 9.47. The molecule has 1 aliphatic heterocycles. The maximum absolute atomic E-state index is 6.12. The Bertz CT molecular complexity index is 801. The Labute approximate surface area is 191 Å². The zero-order valence-electron chi connectivity index (χ0n) is 18.9. The molecule has 1 saturated heterocycles. The molecular formula is C25H36ClN3O2. The van der Waals surface area contributed by atoms with Gasteiger partial charge in [0.15, 0.2) is 5.89 Å². The van der Waals surface area contributed by atoms with Gasteiger partial charge in [0.05, 0.1) is 12.8 Å². The van der Waals surface area contributed by atoms with Crippen molar-refractivity contribution in [2.24, 2.45) is 0 Å². The summed E-state index contributed by atoms with van der Waals surface area (Å²) in [6.07, 6.45) is 7.71. The van der Waals surface area contributed by atoms with Crippen molar-refractivity contribution in [1.29, 1.82) is 0 Å². The van der Waals surface area contributed by atoms with Crippen LogP contribution in [0, 0.1) is 6.92 Å². The lowest BCUT2D eigenvalue weighted by atomic mass is 9.84. The lowest BCUT2D eigenvalue weighted by molar-refractivity contribution is 0.0125. The molecule has 6 heteroatoms. The Morgan fingerprint density at radius 3 is 2.58 bits per heavy atom. The number of aromatic nitrogens is 1. The van der Waals surface area contributed by atoms with Crippen LogP contribution < -0.4 is 0 Å². The summed E-state index contributed by atoms with van der Waals surface area (Å²) in [7, 11) is 0. The van der Waals surface area contributed by atoms with Crippen LogP contribution in [0.15, 0.2) is 34.9 Å². The van der Waals surface area contributed by atoms with Crippen LogP contribution in [0.2, 0.25) is 5.02 Å². The van der Waals surface area contributed by atoms with Crippen LogP contribution >= 0.6 is 11.6 Å². The molecule has 1 aromatic heterocycles. The van der Waals surface area contributed by atoms with Gasteiger partial charge in [0.25, 0.3) is 0 Å². The van der Waals surface area contributed by atoms with E-state index in [-0.39, 0.29) is 0 Å². The summed E-state index contributed by atoms with van der Waals surface area (Å²) < 4.78 is 11.4. The molecule has 5 nitrogen and oxygen atoms in total. The van der Waals surface area contributed by atoms with Crippen molar-refractivity contribution in [1.82, 2.24) is 14.8 Å². The first-order chi connectivity index (χ1) is 15.1. The summed E-state index contributed by atoms with van der Waals surface area (Å²) in [4.78, 5) is 9.86. The SMILES string of the molecule is CCOCCN1CCN(C2CCC(c3ncc(C)o3)CC2)C(Cc2ccc(Cl)cc2)C1. The fourth-order valence-electron chi connectivity index (χ4n) is 5.25. The van der Waals surface area contributed by atoms with E-state index < -0.39 is 0 Å². The van der Waals surface area contributed by atoms with E-state index in [9.17, 15) is 0 Å². The number of hydrogen-bond acceptors (Lipinski definition) is 5. The normalized spacial score (nSPS) is 25.7. The van der Waals surface area contributed by atoms with Crippen LogP contribution in [0.5, 0.6) is 0 Å². The largest absolute Gasteiger partial charge is 0.446 e. The Morgan fingerprint density at radius 1 is 1.13 bits per heavy atom. The summed E-state index contributed by atoms with van der Waals surface area (Å²) in [5.74, 6) is 2.34. The Morgan fingerprint density at radius 2 is 1.90 bits per heavy atom. The summed E-state index contributed by atoms with van der Waals surface area (Å²) in [5, 5.41) is 0.808. The van der Waals surface area contributed by atoms with E-state index in [1.165, 1.54) is 31.2 Å². The predicted molar refractivity (Wildman–Crippen MR) is 125 cm³/mol. The molecular weight excluding hydrogens is 410 g/mol. The zero-order valence-corrected chi connectivity index (χ0v) is 19.7. The third-order valence-electron chi connectivity index (χ3n) is 6.91. The average molecular weight is 446 g/mol. The molecule has 31 heavy (non-hydrogen) atoms. The van der Waals surface area contributed by atoms with E-state index >= 15 is 0 Å². The molecule has 2 fully saturated rings. The highest BCUT2D eigenvalue weighted by atomic mass is 35.5. The monoisotopic (exact) mass is 445 g/mol. The molecule has 170 valence electrons. The molecule has 1 saturated carbocycles. The van der Waals surface area contributed by atoms with Crippen LogP contribution in [-0.4, -0.2) is 66.3 Å². The van der Waals surface area contributed by atoms with Gasteiger partial charge in [-0.3, -0.25) is 9.80 Å². The van der Waals surface area contributed by atoms with Gasteiger partial charge < -0.3 is 9.15 Å². The molecule has 2 heterocycles. The molecule has 1 unspecified atom stereocenters. The number of hydrogen-bond donors (Lipinski definition) is 0. The summed E-state index contributed by atoms with van der Waals surface area (Å²) in [6.45, 7) is 10.1. The van der Waals surface area contributed by atoms with E-state index in [0.29, 0.717) is 18.0 Å². The molecule has 0 amide bonds. The lowest BCUT2D eigenvalue weighted by Crippen LogP contribution is -2.58. The standard InChI is InChI=1S/C25H36ClN3O2/c1-3-30-15-14-28-12-13-29(24(18-28)16-20-4-8-22(26)9-5-20)23-10-6-21(7-11-23)25-27-17-19(2)31-25/h4-5,8-9,17,21,23-24H,3,6-7,10-16,18H2,1-2H3. The lowest BCUT2D eigenvalue weighted by Gasteiger charge is -2.47. The number of piperazine rings is 1. The highest BCUT2D eigenvalue weighted by molar-refractivity contribution is 6.30. The predicted octanol–water partition coefficient (Wildman–Crippen LogP) is 4.93. The van der Waals surface area contributed by atoms with E-state index in [2.05, 4.69) is 33.8 Å². The molecule has 4 rings (SSSR count). The second kappa shape index (κ2) is 11.0. The maximum Gasteiger partial charge on any atom is 0.197 e. The fourth-order valence-corrected chi connectivity index (χ4v) is 5.37. The minimum Gasteiger partial charge on any atom is -0.446 e. The Balaban J connectivity index is 1.39. The highest BCUT2D eigenvalue weighted by Gasteiger charge is 2.35. The zero-order chi connectivity index (χ0) is 21.6. The highest BCUT2D eigenvalue weighted by Crippen LogP contribution is 2.36. The molecule has 2 aliphatic rings. The Kier molecular flexibility index (Phi) is 8.05. The molecule has 1 atom stereocenters. The van der Waals surface area contributed by atoms with Gasteiger partial charge in [0.1, 0.15) is 5.76 Å². The van der Waals surface area contributed by atoms with Crippen LogP contribution in [0.3, 0.4) is 0 Å². The van der Waals surface area contributed by atoms with Gasteiger partial charge in [-0.2, -0.15) is 0 Å². The van der Waals surface area contributed by atoms with E-state index in [0.717, 1.165) is 62.5 Å². The van der Waals surface area contributed by atoms with Crippen molar-refractivity contribution in [3.8, 4) is 0 Å². The van der Waals surface area contributed by atoms with Crippen molar-refractivity contribution in [2.75, 3.05) is 39.4 Å². The van der Waals surface area contributed by atoms with Gasteiger partial charge in [-0.15, -0.1) is 0 Å². The van der Waals surface area contributed by atoms with Crippen molar-refractivity contribution in [3.63, 3.8) is 0 Å². The molecule has 2 aromatic rings. The van der Waals surface area contributed by atoms with Gasteiger partial charge in [-0.25, -0.2) is 4.98 Å². The molecule has 0 N–H and O–H groups in total. The van der Waals surface area contributed by atoms with E-state index in [4.69, 9.17) is 20.8 Å².